The lowest BCUT2D eigenvalue weighted by molar-refractivity contribution is 0.288. The van der Waals surface area contributed by atoms with E-state index in [-0.39, 0.29) is 0 Å². The fourth-order valence-electron chi connectivity index (χ4n) is 5.07. The van der Waals surface area contributed by atoms with Crippen molar-refractivity contribution in [1.82, 2.24) is 0 Å². The van der Waals surface area contributed by atoms with Gasteiger partial charge in [-0.05, 0) is 73.0 Å². The Balaban J connectivity index is 0.000000300. The maximum absolute atomic E-state index is 2.49. The Labute approximate surface area is 149 Å². The molecule has 2 saturated carbocycles. The average Bonchev–Trinajstić information content (AvgIpc) is 3.12. The molecule has 4 aliphatic rings. The molecule has 2 fully saturated rings. The van der Waals surface area contributed by atoms with Gasteiger partial charge in [0, 0.05) is 0 Å². The molecule has 4 rings (SSSR count). The first-order valence-corrected chi connectivity index (χ1v) is 10.1. The summed E-state index contributed by atoms with van der Waals surface area (Å²) in [5, 5.41) is 0. The summed E-state index contributed by atoms with van der Waals surface area (Å²) < 4.78 is 0. The topological polar surface area (TPSA) is 0 Å². The zero-order chi connectivity index (χ0) is 17.2. The monoisotopic (exact) mass is 324 g/mol. The van der Waals surface area contributed by atoms with E-state index in [2.05, 4.69) is 76.3 Å². The third-order valence-electron chi connectivity index (χ3n) is 6.03. The van der Waals surface area contributed by atoms with Gasteiger partial charge in [0.15, 0.2) is 0 Å². The lowest BCUT2D eigenvalue weighted by atomic mass is 9.77. The number of rotatable bonds is 2. The van der Waals surface area contributed by atoms with Crippen molar-refractivity contribution in [1.29, 1.82) is 0 Å². The molecule has 24 heavy (non-hydrogen) atoms. The van der Waals surface area contributed by atoms with Gasteiger partial charge in [-0.3, -0.25) is 0 Å². The minimum Gasteiger partial charge on any atom is -0.0808 e. The molecule has 6 unspecified atom stereocenters. The molecule has 0 aromatic heterocycles. The Morgan fingerprint density at radius 3 is 1.42 bits per heavy atom. The summed E-state index contributed by atoms with van der Waals surface area (Å²) in [4.78, 5) is 0. The quantitative estimate of drug-likeness (QED) is 0.514. The Morgan fingerprint density at radius 2 is 1.00 bits per heavy atom. The van der Waals surface area contributed by atoms with Gasteiger partial charge in [-0.2, -0.15) is 0 Å². The maximum Gasteiger partial charge on any atom is -0.0139 e. The number of allylic oxidation sites excluding steroid dienone is 8. The summed E-state index contributed by atoms with van der Waals surface area (Å²) in [7, 11) is 0. The van der Waals surface area contributed by atoms with Gasteiger partial charge in [0.05, 0.1) is 0 Å². The van der Waals surface area contributed by atoms with Crippen LogP contribution in [0.5, 0.6) is 0 Å². The Bertz CT molecular complexity index is 477. The van der Waals surface area contributed by atoms with Crippen LogP contribution in [0.3, 0.4) is 0 Å². The van der Waals surface area contributed by atoms with Gasteiger partial charge < -0.3 is 0 Å². The molecule has 0 aromatic rings. The van der Waals surface area contributed by atoms with Crippen molar-refractivity contribution < 1.29 is 0 Å². The minimum absolute atomic E-state index is 0.500. The summed E-state index contributed by atoms with van der Waals surface area (Å²) in [5.41, 5.74) is 0.500. The normalized spacial score (nSPS) is 39.3. The maximum atomic E-state index is 2.49. The molecule has 0 saturated heterocycles. The van der Waals surface area contributed by atoms with Crippen molar-refractivity contribution in [2.45, 2.75) is 59.8 Å². The smallest absolute Gasteiger partial charge is 0.0139 e. The zero-order valence-electron chi connectivity index (χ0n) is 16.1. The summed E-state index contributed by atoms with van der Waals surface area (Å²) in [6, 6.07) is 0. The van der Waals surface area contributed by atoms with Crippen LogP contribution in [0.15, 0.2) is 48.6 Å². The lowest BCUT2D eigenvalue weighted by Crippen LogP contribution is -2.20. The highest BCUT2D eigenvalue weighted by molar-refractivity contribution is 5.19. The van der Waals surface area contributed by atoms with Crippen LogP contribution < -0.4 is 0 Å². The van der Waals surface area contributed by atoms with Crippen molar-refractivity contribution in [2.24, 2.45) is 40.9 Å². The first-order valence-electron chi connectivity index (χ1n) is 10.1. The predicted octanol–water partition coefficient (Wildman–Crippen LogP) is 6.97. The van der Waals surface area contributed by atoms with E-state index in [1.54, 1.807) is 0 Å². The van der Waals surface area contributed by atoms with E-state index in [0.29, 0.717) is 5.41 Å². The van der Waals surface area contributed by atoms with Gasteiger partial charge in [0.2, 0.25) is 0 Å². The Hall–Kier alpha value is -1.04. The van der Waals surface area contributed by atoms with Crippen LogP contribution in [0.2, 0.25) is 0 Å². The summed E-state index contributed by atoms with van der Waals surface area (Å²) in [6.45, 7) is 8.75. The fourth-order valence-corrected chi connectivity index (χ4v) is 5.07. The van der Waals surface area contributed by atoms with Crippen LogP contribution in [-0.2, 0) is 0 Å². The molecule has 0 aliphatic heterocycles. The van der Waals surface area contributed by atoms with Crippen molar-refractivity contribution in [3.05, 3.63) is 48.6 Å². The van der Waals surface area contributed by atoms with Gasteiger partial charge in [-0.15, -0.1) is 0 Å². The molecule has 0 aromatic carbocycles. The largest absolute Gasteiger partial charge is 0.0808 e. The highest BCUT2D eigenvalue weighted by Crippen LogP contribution is 2.49. The first-order chi connectivity index (χ1) is 11.4. The molecule has 0 radical (unpaired) electrons. The van der Waals surface area contributed by atoms with Gasteiger partial charge in [0.1, 0.15) is 0 Å². The van der Waals surface area contributed by atoms with E-state index < -0.39 is 0 Å². The molecule has 4 aliphatic carbocycles. The van der Waals surface area contributed by atoms with E-state index in [9.17, 15) is 0 Å². The van der Waals surface area contributed by atoms with E-state index >= 15 is 0 Å². The molecule has 0 N–H and O–H groups in total. The lowest BCUT2D eigenvalue weighted by Gasteiger charge is -2.28. The van der Waals surface area contributed by atoms with Crippen LogP contribution in [0.1, 0.15) is 59.8 Å². The van der Waals surface area contributed by atoms with Gasteiger partial charge in [-0.25, -0.2) is 0 Å². The highest BCUT2D eigenvalue weighted by atomic mass is 14.4. The highest BCUT2D eigenvalue weighted by Gasteiger charge is 2.39. The van der Waals surface area contributed by atoms with Gasteiger partial charge in [0.25, 0.3) is 0 Å². The summed E-state index contributed by atoms with van der Waals surface area (Å²) in [6.07, 6.45) is 26.2. The van der Waals surface area contributed by atoms with Crippen LogP contribution in [0.25, 0.3) is 0 Å². The minimum atomic E-state index is 0.500. The molecule has 132 valence electrons. The SMILES string of the molecule is C1=CC2CCC(CC3CCC4C=CC=CC43)C2C=C1.CC(C)(C)C. The van der Waals surface area contributed by atoms with E-state index in [1.807, 2.05) is 0 Å². The number of hydrogen-bond donors (Lipinski definition) is 0. The molecular weight excluding hydrogens is 288 g/mol. The molecular formula is C24H36. The molecule has 0 heteroatoms. The van der Waals surface area contributed by atoms with Crippen molar-refractivity contribution in [3.63, 3.8) is 0 Å². The molecule has 0 amide bonds. The number of hydrogen-bond acceptors (Lipinski definition) is 0. The van der Waals surface area contributed by atoms with E-state index in [0.717, 1.165) is 35.5 Å². The second kappa shape index (κ2) is 7.46. The fraction of sp³-hybridized carbons (Fsp3) is 0.667. The zero-order valence-corrected chi connectivity index (χ0v) is 16.1. The Morgan fingerprint density at radius 1 is 0.625 bits per heavy atom. The second-order valence-electron chi connectivity index (χ2n) is 9.93. The van der Waals surface area contributed by atoms with Crippen LogP contribution in [0.4, 0.5) is 0 Å². The van der Waals surface area contributed by atoms with E-state index in [4.69, 9.17) is 0 Å². The van der Waals surface area contributed by atoms with E-state index in [1.165, 1.54) is 32.1 Å². The van der Waals surface area contributed by atoms with Crippen molar-refractivity contribution >= 4 is 0 Å². The van der Waals surface area contributed by atoms with Crippen molar-refractivity contribution in [2.75, 3.05) is 0 Å². The third-order valence-corrected chi connectivity index (χ3v) is 6.03. The molecule has 0 bridgehead atoms. The predicted molar refractivity (Wildman–Crippen MR) is 106 cm³/mol. The number of fused-ring (bicyclic) bond motifs is 2. The third kappa shape index (κ3) is 4.52. The molecule has 0 nitrogen and oxygen atoms in total. The van der Waals surface area contributed by atoms with Crippen LogP contribution in [0, 0.1) is 40.9 Å². The molecule has 0 spiro atoms. The van der Waals surface area contributed by atoms with Crippen LogP contribution >= 0.6 is 0 Å². The average molecular weight is 325 g/mol. The second-order valence-corrected chi connectivity index (χ2v) is 9.93. The summed E-state index contributed by atoms with van der Waals surface area (Å²) in [5.74, 6) is 5.32. The van der Waals surface area contributed by atoms with Crippen LogP contribution in [-0.4, -0.2) is 0 Å². The standard InChI is InChI=1S/C19H24.C5H12/c1-3-7-18-14(5-1)9-11-16(18)13-17-12-10-15-6-2-4-8-19(15)17;1-5(2,3)4/h1-8,14-19H,9-13H2;1-4H3. The van der Waals surface area contributed by atoms with Gasteiger partial charge in [-0.1, -0.05) is 76.3 Å². The first kappa shape index (κ1) is 17.8. The van der Waals surface area contributed by atoms with Crippen molar-refractivity contribution in [3.8, 4) is 0 Å². The van der Waals surface area contributed by atoms with Gasteiger partial charge >= 0.3 is 0 Å². The Kier molecular flexibility index (Phi) is 5.52. The molecule has 6 atom stereocenters. The molecule has 0 heterocycles. The summed E-state index contributed by atoms with van der Waals surface area (Å²) >= 11 is 0.